The number of benzene rings is 4. The summed E-state index contributed by atoms with van der Waals surface area (Å²) in [6.45, 7) is -0.503. The fraction of sp³-hybridized carbons (Fsp3) is 0.115. The maximum Gasteiger partial charge on any atom is 0.340 e. The number of esters is 1. The molecular weight excluding hydrogens is 588 g/mol. The van der Waals surface area contributed by atoms with Gasteiger partial charge in [0.1, 0.15) is 22.0 Å². The van der Waals surface area contributed by atoms with Crippen LogP contribution in [0.2, 0.25) is 0 Å². The zero-order valence-corrected chi connectivity index (χ0v) is 23.5. The lowest BCUT2D eigenvalue weighted by molar-refractivity contribution is 0.0601. The van der Waals surface area contributed by atoms with E-state index in [0.29, 0.717) is 16.5 Å². The van der Waals surface area contributed by atoms with Gasteiger partial charge in [0.05, 0.1) is 47.0 Å². The molecule has 0 bridgehead atoms. The Morgan fingerprint density at radius 2 is 1.50 bits per heavy atom. The van der Waals surface area contributed by atoms with Gasteiger partial charge in [0, 0.05) is 0 Å². The maximum absolute atomic E-state index is 12.3. The number of carbonyl (C=O) groups excluding carboxylic acids is 1. The van der Waals surface area contributed by atoms with E-state index in [-0.39, 0.29) is 33.2 Å². The summed E-state index contributed by atoms with van der Waals surface area (Å²) in [5.74, 6) is -1.09. The second-order valence-corrected chi connectivity index (χ2v) is 12.2. The quantitative estimate of drug-likeness (QED) is 0.0884. The Hall–Kier alpha value is -4.77. The van der Waals surface area contributed by atoms with E-state index in [2.05, 4.69) is 20.5 Å². The summed E-state index contributed by atoms with van der Waals surface area (Å²) in [5.41, 5.74) is 11.3. The summed E-state index contributed by atoms with van der Waals surface area (Å²) in [6, 6.07) is 16.2. The minimum absolute atomic E-state index is 0.0571. The average Bonchev–Trinajstić information content (AvgIpc) is 2.95. The van der Waals surface area contributed by atoms with Crippen molar-refractivity contribution in [1.29, 1.82) is 0 Å². The van der Waals surface area contributed by atoms with Crippen molar-refractivity contribution >= 4 is 70.8 Å². The van der Waals surface area contributed by atoms with Crippen molar-refractivity contribution in [1.82, 2.24) is 0 Å². The van der Waals surface area contributed by atoms with Gasteiger partial charge < -0.3 is 21.3 Å². The van der Waals surface area contributed by atoms with Crippen LogP contribution in [0.3, 0.4) is 0 Å². The zero-order chi connectivity index (χ0) is 30.7. The summed E-state index contributed by atoms with van der Waals surface area (Å²) in [4.78, 5) is 11.4. The summed E-state index contributed by atoms with van der Waals surface area (Å²) >= 11 is 0. The highest BCUT2D eigenvalue weighted by molar-refractivity contribution is 7.91. The Kier molecular flexibility index (Phi) is 8.62. The van der Waals surface area contributed by atoms with Crippen molar-refractivity contribution in [2.45, 2.75) is 9.79 Å². The molecule has 0 fully saturated rings. The summed E-state index contributed by atoms with van der Waals surface area (Å²) in [6.07, 6.45) is 0. The van der Waals surface area contributed by atoms with Gasteiger partial charge in [0.15, 0.2) is 9.84 Å². The summed E-state index contributed by atoms with van der Waals surface area (Å²) in [5, 5.41) is 26.3. The van der Waals surface area contributed by atoms with Crippen molar-refractivity contribution in [3.8, 4) is 0 Å². The van der Waals surface area contributed by atoms with Crippen LogP contribution in [-0.4, -0.2) is 51.9 Å². The first-order valence-electron chi connectivity index (χ1n) is 11.9. The lowest BCUT2D eigenvalue weighted by atomic mass is 10.1. The number of aliphatic hydroxyl groups excluding tert-OH is 1. The standard InChI is InChI=1S/C26H24N6O8S2/c1-40-26(34)19-4-2-3-5-20(19)30-32-25-23(27)21(14-22(24(25)28)42(37,38)39)31-29-17-8-6-16-13-18(9-7-15(16)12-17)41(35,36)11-10-33/h2-9,12-14,33H,10-11,27-28H2,1H3,(H,37,38,39). The number of anilines is 2. The van der Waals surface area contributed by atoms with E-state index in [1.165, 1.54) is 37.4 Å². The van der Waals surface area contributed by atoms with Crippen molar-refractivity contribution in [2.24, 2.45) is 20.5 Å². The fourth-order valence-electron chi connectivity index (χ4n) is 3.83. The molecule has 0 aliphatic heterocycles. The van der Waals surface area contributed by atoms with E-state index in [1.807, 2.05) is 0 Å². The number of ether oxygens (including phenoxy) is 1. The van der Waals surface area contributed by atoms with E-state index in [9.17, 15) is 26.2 Å². The van der Waals surface area contributed by atoms with E-state index in [1.54, 1.807) is 30.3 Å². The molecular formula is C26H24N6O8S2. The monoisotopic (exact) mass is 612 g/mol. The average molecular weight is 613 g/mol. The number of fused-ring (bicyclic) bond motifs is 1. The lowest BCUT2D eigenvalue weighted by Gasteiger charge is -2.10. The number of nitrogens with zero attached hydrogens (tertiary/aromatic N) is 4. The molecule has 0 aromatic heterocycles. The molecule has 6 N–H and O–H groups in total. The number of methoxy groups -OCH3 is 1. The molecule has 0 heterocycles. The molecule has 0 spiro atoms. The molecule has 0 aliphatic carbocycles. The SMILES string of the molecule is COC(=O)c1ccccc1N=Nc1c(N)c(N=Nc2ccc3cc(S(=O)(=O)CCO)ccc3c2)cc(S(=O)(=O)O)c1N. The molecule has 0 saturated heterocycles. The van der Waals surface area contributed by atoms with Crippen molar-refractivity contribution < 1.29 is 36.0 Å². The van der Waals surface area contributed by atoms with E-state index in [4.69, 9.17) is 21.3 Å². The number of rotatable bonds is 9. The Morgan fingerprint density at radius 3 is 2.19 bits per heavy atom. The van der Waals surface area contributed by atoms with Crippen LogP contribution in [0.1, 0.15) is 10.4 Å². The van der Waals surface area contributed by atoms with E-state index < -0.39 is 48.9 Å². The highest BCUT2D eigenvalue weighted by Gasteiger charge is 2.23. The van der Waals surface area contributed by atoms with Crippen molar-refractivity contribution in [3.63, 3.8) is 0 Å². The van der Waals surface area contributed by atoms with Gasteiger partial charge in [-0.25, -0.2) is 13.2 Å². The van der Waals surface area contributed by atoms with Crippen LogP contribution in [0.25, 0.3) is 10.8 Å². The van der Waals surface area contributed by atoms with Crippen LogP contribution in [-0.2, 0) is 24.7 Å². The Bertz CT molecular complexity index is 1980. The molecule has 42 heavy (non-hydrogen) atoms. The molecule has 0 saturated carbocycles. The van der Waals surface area contributed by atoms with Crippen LogP contribution >= 0.6 is 0 Å². The summed E-state index contributed by atoms with van der Waals surface area (Å²) < 4.78 is 63.1. The van der Waals surface area contributed by atoms with Crippen molar-refractivity contribution in [2.75, 3.05) is 30.9 Å². The van der Waals surface area contributed by atoms with Crippen LogP contribution < -0.4 is 11.5 Å². The van der Waals surface area contributed by atoms with Crippen LogP contribution in [0.5, 0.6) is 0 Å². The van der Waals surface area contributed by atoms with Gasteiger partial charge in [0.2, 0.25) is 0 Å². The van der Waals surface area contributed by atoms with Gasteiger partial charge in [-0.2, -0.15) is 13.5 Å². The predicted molar refractivity (Wildman–Crippen MR) is 154 cm³/mol. The zero-order valence-electron chi connectivity index (χ0n) is 21.9. The highest BCUT2D eigenvalue weighted by atomic mass is 32.2. The third kappa shape index (κ3) is 6.41. The van der Waals surface area contributed by atoms with Gasteiger partial charge in [0.25, 0.3) is 10.1 Å². The van der Waals surface area contributed by atoms with Gasteiger partial charge in [-0.3, -0.25) is 4.55 Å². The van der Waals surface area contributed by atoms with Gasteiger partial charge in [-0.1, -0.05) is 24.3 Å². The molecule has 0 radical (unpaired) electrons. The fourth-order valence-corrected chi connectivity index (χ4v) is 5.52. The third-order valence-corrected chi connectivity index (χ3v) is 8.54. The van der Waals surface area contributed by atoms with Crippen LogP contribution in [0.4, 0.5) is 34.1 Å². The lowest BCUT2D eigenvalue weighted by Crippen LogP contribution is -2.09. The Balaban J connectivity index is 1.76. The maximum atomic E-state index is 12.3. The Labute approximate surface area is 240 Å². The first kappa shape index (κ1) is 30.2. The number of aliphatic hydroxyl groups is 1. The second-order valence-electron chi connectivity index (χ2n) is 8.69. The normalized spacial score (nSPS) is 12.4. The minimum Gasteiger partial charge on any atom is -0.465 e. The molecule has 4 rings (SSSR count). The largest absolute Gasteiger partial charge is 0.465 e. The molecule has 0 aliphatic rings. The molecule has 0 atom stereocenters. The summed E-state index contributed by atoms with van der Waals surface area (Å²) in [7, 11) is -7.31. The number of nitrogens with two attached hydrogens (primary N) is 2. The van der Waals surface area contributed by atoms with Crippen molar-refractivity contribution in [3.05, 3.63) is 72.3 Å². The number of nitrogen functional groups attached to an aromatic ring is 2. The van der Waals surface area contributed by atoms with E-state index >= 15 is 0 Å². The molecule has 4 aromatic rings. The first-order chi connectivity index (χ1) is 19.9. The van der Waals surface area contributed by atoms with Gasteiger partial charge in [-0.05, 0) is 53.2 Å². The predicted octanol–water partition coefficient (Wildman–Crippen LogP) is 4.63. The molecule has 218 valence electrons. The first-order valence-corrected chi connectivity index (χ1v) is 15.0. The van der Waals surface area contributed by atoms with Gasteiger partial charge >= 0.3 is 5.97 Å². The number of sulfone groups is 1. The highest BCUT2D eigenvalue weighted by Crippen LogP contribution is 2.43. The molecule has 0 unspecified atom stereocenters. The van der Waals surface area contributed by atoms with Crippen LogP contribution in [0.15, 0.2) is 97.0 Å². The Morgan fingerprint density at radius 1 is 0.833 bits per heavy atom. The molecule has 14 nitrogen and oxygen atoms in total. The van der Waals surface area contributed by atoms with Gasteiger partial charge in [-0.15, -0.1) is 15.3 Å². The third-order valence-electron chi connectivity index (χ3n) is 5.95. The molecule has 4 aromatic carbocycles. The van der Waals surface area contributed by atoms with E-state index in [0.717, 1.165) is 6.07 Å². The number of azo groups is 2. The number of hydrogen-bond acceptors (Lipinski definition) is 13. The number of carbonyl (C=O) groups is 1. The molecule has 16 heteroatoms. The molecule has 0 amide bonds. The number of hydrogen-bond donors (Lipinski definition) is 4. The second kappa shape index (κ2) is 12.0. The topological polar surface area (TPSA) is 237 Å². The minimum atomic E-state index is -4.86. The van der Waals surface area contributed by atoms with Crippen LogP contribution in [0, 0.1) is 0 Å². The smallest absolute Gasteiger partial charge is 0.340 e.